The predicted molar refractivity (Wildman–Crippen MR) is 113 cm³/mol. The van der Waals surface area contributed by atoms with Gasteiger partial charge in [-0.1, -0.05) is 13.8 Å². The highest BCUT2D eigenvalue weighted by Crippen LogP contribution is 2.29. The van der Waals surface area contributed by atoms with Crippen LogP contribution in [0.5, 0.6) is 5.75 Å². The number of ether oxygens (including phenoxy) is 1. The summed E-state index contributed by atoms with van der Waals surface area (Å²) in [6.45, 7) is 3.42. The Kier molecular flexibility index (Phi) is 7.26. The van der Waals surface area contributed by atoms with Crippen molar-refractivity contribution in [3.05, 3.63) is 71.4 Å². The van der Waals surface area contributed by atoms with Crippen LogP contribution in [0.2, 0.25) is 0 Å². The molecule has 0 aliphatic carbocycles. The summed E-state index contributed by atoms with van der Waals surface area (Å²) in [5.41, 5.74) is 5.91. The third kappa shape index (κ3) is 6.04. The standard InChI is InChI=1S/C21H22F2N4O5S/c1-13(2)19-20(33(29,30)32-17-10-15(22)9-16(23)11-17)27(12-14-3-6-25-7-4-14)18(26-19)5-8-31-21(24)28/h3-4,6-7,9-11,13H,5,8,12H2,1-2H3,(H2,24,28). The molecule has 176 valence electrons. The second-order valence-corrected chi connectivity index (χ2v) is 8.84. The summed E-state index contributed by atoms with van der Waals surface area (Å²) in [5.74, 6) is -2.54. The van der Waals surface area contributed by atoms with Crippen molar-refractivity contribution in [2.24, 2.45) is 5.73 Å². The van der Waals surface area contributed by atoms with Crippen LogP contribution in [-0.2, 0) is 27.8 Å². The van der Waals surface area contributed by atoms with E-state index in [0.29, 0.717) is 17.5 Å². The van der Waals surface area contributed by atoms with Crippen LogP contribution in [0.4, 0.5) is 13.6 Å². The Morgan fingerprint density at radius 2 is 1.79 bits per heavy atom. The van der Waals surface area contributed by atoms with E-state index in [1.165, 1.54) is 4.57 Å². The van der Waals surface area contributed by atoms with Crippen LogP contribution in [0.25, 0.3) is 0 Å². The molecule has 9 nitrogen and oxygen atoms in total. The lowest BCUT2D eigenvalue weighted by Gasteiger charge is -2.15. The molecule has 0 radical (unpaired) electrons. The zero-order valence-corrected chi connectivity index (χ0v) is 18.7. The number of carbonyl (C=O) groups is 1. The van der Waals surface area contributed by atoms with Gasteiger partial charge in [0, 0.05) is 37.0 Å². The fourth-order valence-corrected chi connectivity index (χ4v) is 4.56. The highest BCUT2D eigenvalue weighted by molar-refractivity contribution is 7.87. The van der Waals surface area contributed by atoms with E-state index in [-0.39, 0.29) is 36.2 Å². The third-order valence-electron chi connectivity index (χ3n) is 4.51. The van der Waals surface area contributed by atoms with Crippen molar-refractivity contribution in [1.82, 2.24) is 14.5 Å². The van der Waals surface area contributed by atoms with Gasteiger partial charge in [0.15, 0.2) is 5.03 Å². The van der Waals surface area contributed by atoms with Gasteiger partial charge < -0.3 is 19.2 Å². The van der Waals surface area contributed by atoms with Crippen LogP contribution < -0.4 is 9.92 Å². The highest BCUT2D eigenvalue weighted by Gasteiger charge is 2.31. The minimum atomic E-state index is -4.57. The molecule has 2 N–H and O–H groups in total. The molecular formula is C21H22F2N4O5S. The number of amides is 1. The number of hydrogen-bond acceptors (Lipinski definition) is 7. The lowest BCUT2D eigenvalue weighted by molar-refractivity contribution is 0.157. The average Bonchev–Trinajstić information content (AvgIpc) is 3.07. The minimum Gasteiger partial charge on any atom is -0.449 e. The minimum absolute atomic E-state index is 0.0673. The van der Waals surface area contributed by atoms with Crippen LogP contribution in [0.3, 0.4) is 0 Å². The molecule has 33 heavy (non-hydrogen) atoms. The predicted octanol–water partition coefficient (Wildman–Crippen LogP) is 3.13. The molecule has 0 aliphatic heterocycles. The molecule has 12 heteroatoms. The fraction of sp³-hybridized carbons (Fsp3) is 0.286. The second kappa shape index (κ2) is 9.94. The summed E-state index contributed by atoms with van der Waals surface area (Å²) in [4.78, 5) is 19.4. The molecule has 0 bridgehead atoms. The van der Waals surface area contributed by atoms with E-state index in [1.54, 1.807) is 38.4 Å². The van der Waals surface area contributed by atoms with Crippen molar-refractivity contribution in [2.75, 3.05) is 6.61 Å². The molecule has 2 heterocycles. The molecule has 0 saturated carbocycles. The maximum atomic E-state index is 13.6. The molecule has 3 aromatic rings. The maximum absolute atomic E-state index is 13.6. The van der Waals surface area contributed by atoms with E-state index in [9.17, 15) is 22.0 Å². The maximum Gasteiger partial charge on any atom is 0.404 e. The summed E-state index contributed by atoms with van der Waals surface area (Å²) in [6, 6.07) is 5.52. The van der Waals surface area contributed by atoms with Crippen molar-refractivity contribution >= 4 is 16.2 Å². The van der Waals surface area contributed by atoms with E-state index in [4.69, 9.17) is 14.7 Å². The largest absolute Gasteiger partial charge is 0.449 e. The molecule has 3 rings (SSSR count). The van der Waals surface area contributed by atoms with E-state index >= 15 is 0 Å². The number of benzene rings is 1. The average molecular weight is 480 g/mol. The number of nitrogens with two attached hydrogens (primary N) is 1. The molecule has 1 amide bonds. The molecule has 0 aliphatic rings. The zero-order chi connectivity index (χ0) is 24.2. The van der Waals surface area contributed by atoms with E-state index in [1.807, 2.05) is 0 Å². The van der Waals surface area contributed by atoms with Gasteiger partial charge in [0.05, 0.1) is 12.2 Å². The molecule has 1 aromatic carbocycles. The van der Waals surface area contributed by atoms with Crippen molar-refractivity contribution in [1.29, 1.82) is 0 Å². The van der Waals surface area contributed by atoms with Crippen molar-refractivity contribution in [2.45, 2.75) is 37.8 Å². The van der Waals surface area contributed by atoms with Gasteiger partial charge in [-0.3, -0.25) is 4.98 Å². The van der Waals surface area contributed by atoms with Crippen molar-refractivity contribution in [3.8, 4) is 5.75 Å². The van der Waals surface area contributed by atoms with Crippen molar-refractivity contribution < 1.29 is 30.9 Å². The fourth-order valence-electron chi connectivity index (χ4n) is 3.15. The molecule has 0 saturated heterocycles. The lowest BCUT2D eigenvalue weighted by atomic mass is 10.1. The summed E-state index contributed by atoms with van der Waals surface area (Å²) in [7, 11) is -4.57. The van der Waals surface area contributed by atoms with Gasteiger partial charge >= 0.3 is 16.2 Å². The van der Waals surface area contributed by atoms with Crippen LogP contribution in [0.1, 0.15) is 36.8 Å². The van der Waals surface area contributed by atoms with E-state index in [0.717, 1.165) is 12.1 Å². The van der Waals surface area contributed by atoms with Gasteiger partial charge in [-0.15, -0.1) is 0 Å². The van der Waals surface area contributed by atoms with Gasteiger partial charge in [-0.25, -0.2) is 18.6 Å². The molecule has 0 unspecified atom stereocenters. The molecular weight excluding hydrogens is 458 g/mol. The zero-order valence-electron chi connectivity index (χ0n) is 17.9. The Morgan fingerprint density at radius 3 is 2.36 bits per heavy atom. The van der Waals surface area contributed by atoms with Gasteiger partial charge in [0.2, 0.25) is 0 Å². The number of aromatic nitrogens is 3. The van der Waals surface area contributed by atoms with Crippen LogP contribution in [-0.4, -0.2) is 35.7 Å². The number of halogens is 2. The summed E-state index contributed by atoms with van der Waals surface area (Å²) < 4.78 is 65.1. The Bertz CT molecular complexity index is 1230. The number of imidazole rings is 1. The SMILES string of the molecule is CC(C)c1nc(CCOC(N)=O)n(Cc2ccncc2)c1S(=O)(=O)Oc1cc(F)cc(F)c1. The number of carbonyl (C=O) groups excluding carboxylic acids is 1. The van der Waals surface area contributed by atoms with Crippen molar-refractivity contribution in [3.63, 3.8) is 0 Å². The van der Waals surface area contributed by atoms with Gasteiger partial charge in [-0.2, -0.15) is 8.42 Å². The third-order valence-corrected chi connectivity index (χ3v) is 5.83. The Balaban J connectivity index is 2.11. The summed E-state index contributed by atoms with van der Waals surface area (Å²) in [6.07, 6.45) is 2.19. The first-order valence-electron chi connectivity index (χ1n) is 9.88. The van der Waals surface area contributed by atoms with E-state index < -0.39 is 33.6 Å². The Morgan fingerprint density at radius 1 is 1.15 bits per heavy atom. The number of nitrogens with zero attached hydrogens (tertiary/aromatic N) is 3. The molecule has 0 spiro atoms. The first-order valence-corrected chi connectivity index (χ1v) is 11.3. The van der Waals surface area contributed by atoms with Crippen LogP contribution in [0.15, 0.2) is 47.8 Å². The smallest absolute Gasteiger partial charge is 0.404 e. The first-order chi connectivity index (χ1) is 15.6. The quantitative estimate of drug-likeness (QED) is 0.466. The Labute approximate surface area is 189 Å². The number of pyridine rings is 1. The monoisotopic (exact) mass is 480 g/mol. The van der Waals surface area contributed by atoms with Crippen LogP contribution >= 0.6 is 0 Å². The number of rotatable bonds is 9. The lowest BCUT2D eigenvalue weighted by Crippen LogP contribution is -2.20. The summed E-state index contributed by atoms with van der Waals surface area (Å²) >= 11 is 0. The normalized spacial score (nSPS) is 11.5. The highest BCUT2D eigenvalue weighted by atomic mass is 32.2. The van der Waals surface area contributed by atoms with Gasteiger partial charge in [0.25, 0.3) is 0 Å². The van der Waals surface area contributed by atoms with Crippen LogP contribution in [0, 0.1) is 11.6 Å². The first kappa shape index (κ1) is 24.1. The Hall–Kier alpha value is -3.54. The number of hydrogen-bond donors (Lipinski definition) is 1. The number of primary amides is 1. The van der Waals surface area contributed by atoms with Gasteiger partial charge in [0.1, 0.15) is 29.8 Å². The van der Waals surface area contributed by atoms with E-state index in [2.05, 4.69) is 9.97 Å². The molecule has 0 fully saturated rings. The summed E-state index contributed by atoms with van der Waals surface area (Å²) in [5, 5.41) is -0.270. The van der Waals surface area contributed by atoms with Gasteiger partial charge in [-0.05, 0) is 23.6 Å². The topological polar surface area (TPSA) is 126 Å². The second-order valence-electron chi connectivity index (χ2n) is 7.37. The molecule has 0 atom stereocenters. The molecule has 2 aromatic heterocycles.